The first-order chi connectivity index (χ1) is 7.10. The summed E-state index contributed by atoms with van der Waals surface area (Å²) in [7, 11) is -4.01. The summed E-state index contributed by atoms with van der Waals surface area (Å²) in [4.78, 5) is 21.6. The average molecular weight is 253 g/mol. The van der Waals surface area contributed by atoms with Crippen LogP contribution in [0.15, 0.2) is 0 Å². The molecule has 0 saturated carbocycles. The Morgan fingerprint density at radius 1 is 1.38 bits per heavy atom. The Hall–Kier alpha value is -1.15. The molecule has 7 nitrogen and oxygen atoms in total. The SMILES string of the molecule is CCOC(=O)CS(=O)(=O)NC(C)(C)C(=O)O. The van der Waals surface area contributed by atoms with Crippen LogP contribution in [0.2, 0.25) is 0 Å². The van der Waals surface area contributed by atoms with Crippen molar-refractivity contribution in [2.75, 3.05) is 12.4 Å². The van der Waals surface area contributed by atoms with E-state index in [-0.39, 0.29) is 6.61 Å². The van der Waals surface area contributed by atoms with Crippen LogP contribution in [0.3, 0.4) is 0 Å². The Labute approximate surface area is 93.8 Å². The number of carboxylic acid groups (broad SMARTS) is 1. The molecule has 0 rings (SSSR count). The van der Waals surface area contributed by atoms with Crippen molar-refractivity contribution in [1.82, 2.24) is 4.72 Å². The molecule has 0 aromatic heterocycles. The van der Waals surface area contributed by atoms with Crippen molar-refractivity contribution in [2.24, 2.45) is 0 Å². The van der Waals surface area contributed by atoms with E-state index in [0.717, 1.165) is 0 Å². The molecule has 0 aromatic rings. The summed E-state index contributed by atoms with van der Waals surface area (Å²) in [5, 5.41) is 8.70. The number of aliphatic carboxylic acids is 1. The fourth-order valence-corrected chi connectivity index (χ4v) is 2.16. The van der Waals surface area contributed by atoms with E-state index >= 15 is 0 Å². The van der Waals surface area contributed by atoms with E-state index in [1.165, 1.54) is 13.8 Å². The Kier molecular flexibility index (Phi) is 4.88. The monoisotopic (exact) mass is 253 g/mol. The van der Waals surface area contributed by atoms with Crippen LogP contribution in [0, 0.1) is 0 Å². The van der Waals surface area contributed by atoms with Gasteiger partial charge < -0.3 is 9.84 Å². The number of ether oxygens (including phenoxy) is 1. The van der Waals surface area contributed by atoms with Crippen molar-refractivity contribution in [2.45, 2.75) is 26.3 Å². The molecule has 0 heterocycles. The van der Waals surface area contributed by atoms with Crippen LogP contribution in [-0.4, -0.2) is 43.4 Å². The zero-order valence-electron chi connectivity index (χ0n) is 9.31. The van der Waals surface area contributed by atoms with Crippen molar-refractivity contribution < 1.29 is 27.9 Å². The molecule has 0 amide bonds. The van der Waals surface area contributed by atoms with Gasteiger partial charge in [-0.15, -0.1) is 0 Å². The van der Waals surface area contributed by atoms with Crippen LogP contribution in [0.25, 0.3) is 0 Å². The molecular weight excluding hydrogens is 238 g/mol. The first-order valence-electron chi connectivity index (χ1n) is 4.51. The smallest absolute Gasteiger partial charge is 0.324 e. The number of hydrogen-bond donors (Lipinski definition) is 2. The highest BCUT2D eigenvalue weighted by atomic mass is 32.2. The third-order valence-corrected chi connectivity index (χ3v) is 3.00. The highest BCUT2D eigenvalue weighted by molar-refractivity contribution is 7.90. The topological polar surface area (TPSA) is 110 Å². The van der Waals surface area contributed by atoms with Gasteiger partial charge in [-0.25, -0.2) is 8.42 Å². The number of sulfonamides is 1. The quantitative estimate of drug-likeness (QED) is 0.608. The molecule has 0 spiro atoms. The molecule has 0 aliphatic carbocycles. The summed E-state index contributed by atoms with van der Waals surface area (Å²) in [6.45, 7) is 3.96. The second-order valence-corrected chi connectivity index (χ2v) is 5.32. The number of carbonyl (C=O) groups excluding carboxylic acids is 1. The standard InChI is InChI=1S/C8H15NO6S/c1-4-15-6(10)5-16(13,14)9-8(2,3)7(11)12/h9H,4-5H2,1-3H3,(H,11,12). The third-order valence-electron chi connectivity index (χ3n) is 1.56. The van der Waals surface area contributed by atoms with Crippen molar-refractivity contribution in [3.63, 3.8) is 0 Å². The number of carboxylic acids is 1. The third kappa shape index (κ3) is 5.08. The van der Waals surface area contributed by atoms with Crippen LogP contribution < -0.4 is 4.72 Å². The summed E-state index contributed by atoms with van der Waals surface area (Å²) >= 11 is 0. The lowest BCUT2D eigenvalue weighted by Crippen LogP contribution is -2.51. The maximum atomic E-state index is 11.4. The van der Waals surface area contributed by atoms with Gasteiger partial charge in [-0.05, 0) is 20.8 Å². The van der Waals surface area contributed by atoms with Crippen molar-refractivity contribution in [1.29, 1.82) is 0 Å². The van der Waals surface area contributed by atoms with Crippen molar-refractivity contribution in [3.8, 4) is 0 Å². The van der Waals surface area contributed by atoms with Gasteiger partial charge in [0.15, 0.2) is 5.75 Å². The van der Waals surface area contributed by atoms with Gasteiger partial charge in [-0.1, -0.05) is 0 Å². The van der Waals surface area contributed by atoms with Gasteiger partial charge in [0, 0.05) is 0 Å². The van der Waals surface area contributed by atoms with Gasteiger partial charge in [0.25, 0.3) is 0 Å². The molecule has 0 radical (unpaired) electrons. The van der Waals surface area contributed by atoms with Crippen LogP contribution in [0.1, 0.15) is 20.8 Å². The van der Waals surface area contributed by atoms with E-state index in [0.29, 0.717) is 0 Å². The van der Waals surface area contributed by atoms with Crippen LogP contribution in [0.5, 0.6) is 0 Å². The number of carbonyl (C=O) groups is 2. The number of esters is 1. The largest absolute Gasteiger partial charge is 0.480 e. The van der Waals surface area contributed by atoms with Crippen LogP contribution >= 0.6 is 0 Å². The average Bonchev–Trinajstić information content (AvgIpc) is 1.99. The molecular formula is C8H15NO6S. The van der Waals surface area contributed by atoms with Crippen LogP contribution in [-0.2, 0) is 24.3 Å². The molecule has 0 unspecified atom stereocenters. The maximum absolute atomic E-state index is 11.4. The zero-order chi connectivity index (χ0) is 13.0. The molecule has 0 bridgehead atoms. The molecule has 8 heteroatoms. The number of hydrogen-bond acceptors (Lipinski definition) is 5. The highest BCUT2D eigenvalue weighted by Gasteiger charge is 2.33. The van der Waals surface area contributed by atoms with E-state index < -0.39 is 33.3 Å². The minimum absolute atomic E-state index is 0.0661. The number of rotatable bonds is 6. The summed E-state index contributed by atoms with van der Waals surface area (Å²) in [5.74, 6) is -3.14. The minimum atomic E-state index is -4.01. The van der Waals surface area contributed by atoms with Gasteiger partial charge in [0.1, 0.15) is 5.54 Å². The lowest BCUT2D eigenvalue weighted by molar-refractivity contribution is -0.143. The molecule has 0 aliphatic rings. The summed E-state index contributed by atoms with van der Waals surface area (Å²) in [5.41, 5.74) is -1.66. The highest BCUT2D eigenvalue weighted by Crippen LogP contribution is 2.04. The second-order valence-electron chi connectivity index (χ2n) is 3.60. The Bertz CT molecular complexity index is 372. The Morgan fingerprint density at radius 3 is 2.25 bits per heavy atom. The normalized spacial score (nSPS) is 12.2. The predicted molar refractivity (Wildman–Crippen MR) is 55.3 cm³/mol. The number of nitrogens with one attached hydrogen (secondary N) is 1. The van der Waals surface area contributed by atoms with Crippen LogP contribution in [0.4, 0.5) is 0 Å². The predicted octanol–water partition coefficient (Wildman–Crippen LogP) is -0.668. The van der Waals surface area contributed by atoms with Gasteiger partial charge >= 0.3 is 11.9 Å². The molecule has 2 N–H and O–H groups in total. The fourth-order valence-electron chi connectivity index (χ4n) is 0.826. The van der Waals surface area contributed by atoms with E-state index in [1.54, 1.807) is 6.92 Å². The molecule has 94 valence electrons. The summed E-state index contributed by atoms with van der Waals surface area (Å²) < 4.78 is 29.1. The maximum Gasteiger partial charge on any atom is 0.324 e. The van der Waals surface area contributed by atoms with Crippen molar-refractivity contribution in [3.05, 3.63) is 0 Å². The fraction of sp³-hybridized carbons (Fsp3) is 0.750. The molecule has 0 atom stereocenters. The van der Waals surface area contributed by atoms with Gasteiger partial charge in [0.05, 0.1) is 6.61 Å². The minimum Gasteiger partial charge on any atom is -0.480 e. The lowest BCUT2D eigenvalue weighted by atomic mass is 10.1. The van der Waals surface area contributed by atoms with E-state index in [1.807, 2.05) is 4.72 Å². The van der Waals surface area contributed by atoms with Crippen molar-refractivity contribution >= 4 is 22.0 Å². The molecule has 0 fully saturated rings. The second kappa shape index (κ2) is 5.26. The lowest BCUT2D eigenvalue weighted by Gasteiger charge is -2.20. The van der Waals surface area contributed by atoms with Gasteiger partial charge in [-0.3, -0.25) is 9.59 Å². The molecule has 0 aliphatic heterocycles. The van der Waals surface area contributed by atoms with E-state index in [9.17, 15) is 18.0 Å². The van der Waals surface area contributed by atoms with E-state index in [2.05, 4.69) is 4.74 Å². The first kappa shape index (κ1) is 14.8. The molecule has 16 heavy (non-hydrogen) atoms. The summed E-state index contributed by atoms with van der Waals surface area (Å²) in [6.07, 6.45) is 0. The first-order valence-corrected chi connectivity index (χ1v) is 6.16. The Morgan fingerprint density at radius 2 is 1.88 bits per heavy atom. The Balaban J connectivity index is 4.60. The molecule has 0 saturated heterocycles. The van der Waals surface area contributed by atoms with Gasteiger partial charge in [-0.2, -0.15) is 4.72 Å². The zero-order valence-corrected chi connectivity index (χ0v) is 10.1. The van der Waals surface area contributed by atoms with Gasteiger partial charge in [0.2, 0.25) is 10.0 Å². The summed E-state index contributed by atoms with van der Waals surface area (Å²) in [6, 6.07) is 0. The van der Waals surface area contributed by atoms with E-state index in [4.69, 9.17) is 5.11 Å². The molecule has 0 aromatic carbocycles.